The lowest BCUT2D eigenvalue weighted by molar-refractivity contribution is 0.283. The molecule has 0 radical (unpaired) electrons. The first-order valence-electron chi connectivity index (χ1n) is 6.48. The zero-order valence-corrected chi connectivity index (χ0v) is 11.3. The van der Waals surface area contributed by atoms with Crippen LogP contribution in [0.3, 0.4) is 0 Å². The van der Waals surface area contributed by atoms with Gasteiger partial charge in [-0.3, -0.25) is 0 Å². The van der Waals surface area contributed by atoms with Gasteiger partial charge in [-0.15, -0.1) is 0 Å². The number of rotatable bonds is 4. The third kappa shape index (κ3) is 2.26. The zero-order chi connectivity index (χ0) is 13.9. The number of hydrogen-bond donors (Lipinski definition) is 1. The lowest BCUT2D eigenvalue weighted by Crippen LogP contribution is -1.99. The molecule has 0 saturated heterocycles. The molecule has 0 unspecified atom stereocenters. The fraction of sp³-hybridized carbons (Fsp3) is 0.188. The van der Waals surface area contributed by atoms with E-state index in [0.29, 0.717) is 0 Å². The normalized spacial score (nSPS) is 10.9. The molecule has 4 nitrogen and oxygen atoms in total. The van der Waals surface area contributed by atoms with Gasteiger partial charge in [0, 0.05) is 29.9 Å². The Morgan fingerprint density at radius 2 is 2.00 bits per heavy atom. The van der Waals surface area contributed by atoms with E-state index in [-0.39, 0.29) is 6.61 Å². The van der Waals surface area contributed by atoms with E-state index in [1.165, 1.54) is 0 Å². The summed E-state index contributed by atoms with van der Waals surface area (Å²) in [4.78, 5) is 4.41. The number of aliphatic hydroxyl groups excluding tert-OH is 1. The van der Waals surface area contributed by atoms with Crippen LogP contribution in [0, 0.1) is 0 Å². The summed E-state index contributed by atoms with van der Waals surface area (Å²) >= 11 is 0. The van der Waals surface area contributed by atoms with Crippen LogP contribution in [0.1, 0.15) is 11.1 Å². The molecule has 2 heterocycles. The summed E-state index contributed by atoms with van der Waals surface area (Å²) in [7, 11) is 1.66. The zero-order valence-electron chi connectivity index (χ0n) is 11.3. The molecule has 1 aromatic carbocycles. The van der Waals surface area contributed by atoms with Gasteiger partial charge >= 0.3 is 0 Å². The Bertz CT molecular complexity index is 717. The second kappa shape index (κ2) is 5.35. The van der Waals surface area contributed by atoms with Gasteiger partial charge in [0.15, 0.2) is 0 Å². The molecule has 0 saturated carbocycles. The molecule has 1 N–H and O–H groups in total. The van der Waals surface area contributed by atoms with Crippen molar-refractivity contribution >= 4 is 11.0 Å². The van der Waals surface area contributed by atoms with Crippen molar-refractivity contribution in [3.05, 3.63) is 59.9 Å². The molecule has 3 aromatic rings. The largest absolute Gasteiger partial charge is 0.497 e. The molecule has 0 fully saturated rings. The minimum atomic E-state index is 0.0256. The van der Waals surface area contributed by atoms with Gasteiger partial charge in [-0.2, -0.15) is 0 Å². The van der Waals surface area contributed by atoms with E-state index in [2.05, 4.69) is 9.55 Å². The van der Waals surface area contributed by atoms with Crippen LogP contribution in [-0.4, -0.2) is 21.8 Å². The van der Waals surface area contributed by atoms with E-state index in [4.69, 9.17) is 4.74 Å². The molecule has 4 heteroatoms. The third-order valence-corrected chi connectivity index (χ3v) is 3.40. The Morgan fingerprint density at radius 1 is 1.20 bits per heavy atom. The lowest BCUT2D eigenvalue weighted by atomic mass is 10.2. The van der Waals surface area contributed by atoms with E-state index < -0.39 is 0 Å². The first kappa shape index (κ1) is 12.7. The summed E-state index contributed by atoms with van der Waals surface area (Å²) in [5, 5.41) is 10.4. The van der Waals surface area contributed by atoms with Crippen LogP contribution in [-0.2, 0) is 13.2 Å². The smallest absolute Gasteiger partial charge is 0.140 e. The number of ether oxygens (including phenoxy) is 1. The van der Waals surface area contributed by atoms with E-state index in [1.807, 2.05) is 42.6 Å². The highest BCUT2D eigenvalue weighted by molar-refractivity contribution is 5.80. The van der Waals surface area contributed by atoms with Gasteiger partial charge in [0.05, 0.1) is 13.7 Å². The molecular weight excluding hydrogens is 252 g/mol. The Balaban J connectivity index is 1.97. The van der Waals surface area contributed by atoms with Gasteiger partial charge in [0.25, 0.3) is 0 Å². The fourth-order valence-electron chi connectivity index (χ4n) is 2.37. The average Bonchev–Trinajstić information content (AvgIpc) is 2.86. The minimum absolute atomic E-state index is 0.0256. The molecular formula is C16H16N2O2. The Hall–Kier alpha value is -2.33. The number of benzene rings is 1. The molecule has 0 aliphatic rings. The summed E-state index contributed by atoms with van der Waals surface area (Å²) in [5.41, 5.74) is 2.96. The second-order valence-corrected chi connectivity index (χ2v) is 4.66. The van der Waals surface area contributed by atoms with Gasteiger partial charge in [-0.1, -0.05) is 12.1 Å². The van der Waals surface area contributed by atoms with Gasteiger partial charge in [0.1, 0.15) is 11.4 Å². The maximum atomic E-state index is 9.43. The molecule has 2 aromatic heterocycles. The topological polar surface area (TPSA) is 47.3 Å². The van der Waals surface area contributed by atoms with Crippen molar-refractivity contribution in [2.45, 2.75) is 13.2 Å². The van der Waals surface area contributed by atoms with E-state index in [1.54, 1.807) is 13.3 Å². The van der Waals surface area contributed by atoms with Crippen molar-refractivity contribution in [3.8, 4) is 5.75 Å². The number of methoxy groups -OCH3 is 1. The van der Waals surface area contributed by atoms with Crippen molar-refractivity contribution in [2.75, 3.05) is 7.11 Å². The molecule has 0 bridgehead atoms. The van der Waals surface area contributed by atoms with Crippen LogP contribution in [0.4, 0.5) is 0 Å². The van der Waals surface area contributed by atoms with Gasteiger partial charge in [-0.05, 0) is 29.8 Å². The lowest BCUT2D eigenvalue weighted by Gasteiger charge is -2.06. The van der Waals surface area contributed by atoms with Gasteiger partial charge < -0.3 is 14.4 Å². The average molecular weight is 268 g/mol. The summed E-state index contributed by atoms with van der Waals surface area (Å²) in [6.45, 7) is 0.745. The van der Waals surface area contributed by atoms with Crippen molar-refractivity contribution < 1.29 is 9.84 Å². The first-order chi connectivity index (χ1) is 9.81. The van der Waals surface area contributed by atoms with Crippen LogP contribution in [0.15, 0.2) is 48.8 Å². The highest BCUT2D eigenvalue weighted by Crippen LogP contribution is 2.21. The molecule has 102 valence electrons. The summed E-state index contributed by atoms with van der Waals surface area (Å²) in [5.74, 6) is 0.847. The van der Waals surface area contributed by atoms with Crippen molar-refractivity contribution in [2.24, 2.45) is 0 Å². The minimum Gasteiger partial charge on any atom is -0.497 e. The standard InChI is InChI=1S/C16H16N2O2/c1-20-14-6-4-12(5-7-14)9-18-10-13(11-19)15-3-2-8-17-16(15)18/h2-8,10,19H,9,11H2,1H3. The second-order valence-electron chi connectivity index (χ2n) is 4.66. The number of pyridine rings is 1. The van der Waals surface area contributed by atoms with Crippen LogP contribution < -0.4 is 4.74 Å². The maximum absolute atomic E-state index is 9.43. The highest BCUT2D eigenvalue weighted by atomic mass is 16.5. The maximum Gasteiger partial charge on any atom is 0.140 e. The predicted molar refractivity (Wildman–Crippen MR) is 77.8 cm³/mol. The molecule has 3 rings (SSSR count). The number of aromatic nitrogens is 2. The molecule has 0 aliphatic heterocycles. The van der Waals surface area contributed by atoms with Crippen LogP contribution in [0.2, 0.25) is 0 Å². The van der Waals surface area contributed by atoms with Crippen LogP contribution in [0.5, 0.6) is 5.75 Å². The number of aliphatic hydroxyl groups is 1. The molecule has 0 amide bonds. The Labute approximate surface area is 117 Å². The SMILES string of the molecule is COc1ccc(Cn2cc(CO)c3cccnc32)cc1. The van der Waals surface area contributed by atoms with E-state index in [0.717, 1.165) is 34.5 Å². The highest BCUT2D eigenvalue weighted by Gasteiger charge is 2.08. The van der Waals surface area contributed by atoms with Gasteiger partial charge in [0.2, 0.25) is 0 Å². The van der Waals surface area contributed by atoms with Gasteiger partial charge in [-0.25, -0.2) is 4.98 Å². The Morgan fingerprint density at radius 3 is 2.70 bits per heavy atom. The van der Waals surface area contributed by atoms with E-state index >= 15 is 0 Å². The number of nitrogens with zero attached hydrogens (tertiary/aromatic N) is 2. The first-order valence-corrected chi connectivity index (χ1v) is 6.48. The third-order valence-electron chi connectivity index (χ3n) is 3.40. The fourth-order valence-corrected chi connectivity index (χ4v) is 2.37. The quantitative estimate of drug-likeness (QED) is 0.791. The number of fused-ring (bicyclic) bond motifs is 1. The molecule has 0 aliphatic carbocycles. The number of hydrogen-bond acceptors (Lipinski definition) is 3. The van der Waals surface area contributed by atoms with E-state index in [9.17, 15) is 5.11 Å². The molecule has 20 heavy (non-hydrogen) atoms. The van der Waals surface area contributed by atoms with Crippen LogP contribution in [0.25, 0.3) is 11.0 Å². The van der Waals surface area contributed by atoms with Crippen LogP contribution >= 0.6 is 0 Å². The summed E-state index contributed by atoms with van der Waals surface area (Å²) in [6, 6.07) is 11.8. The van der Waals surface area contributed by atoms with Crippen molar-refractivity contribution in [1.82, 2.24) is 9.55 Å². The predicted octanol–water partition coefficient (Wildman–Crippen LogP) is 2.59. The summed E-state index contributed by atoms with van der Waals surface area (Å²) < 4.78 is 7.22. The molecule has 0 spiro atoms. The molecule has 0 atom stereocenters. The van der Waals surface area contributed by atoms with Crippen molar-refractivity contribution in [3.63, 3.8) is 0 Å². The van der Waals surface area contributed by atoms with Crippen molar-refractivity contribution in [1.29, 1.82) is 0 Å². The monoisotopic (exact) mass is 268 g/mol. The summed E-state index contributed by atoms with van der Waals surface area (Å²) in [6.07, 6.45) is 3.73. The Kier molecular flexibility index (Phi) is 3.39.